The van der Waals surface area contributed by atoms with Gasteiger partial charge in [-0.15, -0.1) is 0 Å². The summed E-state index contributed by atoms with van der Waals surface area (Å²) in [6.07, 6.45) is -4.18. The van der Waals surface area contributed by atoms with Crippen LogP contribution in [0.3, 0.4) is 0 Å². The minimum atomic E-state index is -4.18. The standard InChI is InChI=1S/C14H23F3N2O/c1-5-19(10-14(15,16)17)9-12-7-6-11(20-12)8-18-13(2,3)4/h6-7,18H,5,8-10H2,1-4H3. The molecule has 6 heteroatoms. The van der Waals surface area contributed by atoms with Crippen molar-refractivity contribution < 1.29 is 17.6 Å². The minimum absolute atomic E-state index is 0.0291. The van der Waals surface area contributed by atoms with E-state index in [1.165, 1.54) is 4.90 Å². The van der Waals surface area contributed by atoms with Gasteiger partial charge in [-0.1, -0.05) is 6.92 Å². The number of halogens is 3. The molecule has 1 aromatic rings. The molecule has 1 aromatic heterocycles. The number of rotatable bonds is 6. The molecular formula is C14H23F3N2O. The van der Waals surface area contributed by atoms with Crippen molar-refractivity contribution in [3.05, 3.63) is 23.7 Å². The third kappa shape index (κ3) is 6.96. The summed E-state index contributed by atoms with van der Waals surface area (Å²) in [5, 5.41) is 3.27. The van der Waals surface area contributed by atoms with Gasteiger partial charge in [0.1, 0.15) is 11.5 Å². The van der Waals surface area contributed by atoms with Crippen molar-refractivity contribution >= 4 is 0 Å². The van der Waals surface area contributed by atoms with E-state index in [9.17, 15) is 13.2 Å². The van der Waals surface area contributed by atoms with Crippen molar-refractivity contribution in [1.29, 1.82) is 0 Å². The van der Waals surface area contributed by atoms with Crippen LogP contribution >= 0.6 is 0 Å². The Hall–Kier alpha value is -1.01. The molecule has 0 aromatic carbocycles. The molecule has 0 bridgehead atoms. The highest BCUT2D eigenvalue weighted by Gasteiger charge is 2.30. The molecular weight excluding hydrogens is 269 g/mol. The van der Waals surface area contributed by atoms with E-state index in [-0.39, 0.29) is 12.1 Å². The molecule has 0 saturated heterocycles. The van der Waals surface area contributed by atoms with Gasteiger partial charge in [-0.25, -0.2) is 0 Å². The van der Waals surface area contributed by atoms with Crippen molar-refractivity contribution in [2.75, 3.05) is 13.1 Å². The molecule has 1 rings (SSSR count). The maximum Gasteiger partial charge on any atom is 0.401 e. The van der Waals surface area contributed by atoms with Gasteiger partial charge in [-0.05, 0) is 39.4 Å². The van der Waals surface area contributed by atoms with Crippen LogP contribution in [0.15, 0.2) is 16.5 Å². The fraction of sp³-hybridized carbons (Fsp3) is 0.714. The van der Waals surface area contributed by atoms with Gasteiger partial charge in [0.2, 0.25) is 0 Å². The average Bonchev–Trinajstić information content (AvgIpc) is 2.70. The number of furan rings is 1. The van der Waals surface area contributed by atoms with Gasteiger partial charge in [0, 0.05) is 5.54 Å². The van der Waals surface area contributed by atoms with Crippen LogP contribution in [0.1, 0.15) is 39.2 Å². The number of alkyl halides is 3. The first-order valence-corrected chi connectivity index (χ1v) is 6.71. The summed E-state index contributed by atoms with van der Waals surface area (Å²) in [6.45, 7) is 7.98. The van der Waals surface area contributed by atoms with Gasteiger partial charge in [0.05, 0.1) is 19.6 Å². The van der Waals surface area contributed by atoms with Crippen LogP contribution < -0.4 is 5.32 Å². The molecule has 0 aliphatic heterocycles. The summed E-state index contributed by atoms with van der Waals surface area (Å²) in [4.78, 5) is 1.31. The molecule has 3 nitrogen and oxygen atoms in total. The second-order valence-corrected chi connectivity index (χ2v) is 5.89. The van der Waals surface area contributed by atoms with Crippen LogP contribution in [0.5, 0.6) is 0 Å². The summed E-state index contributed by atoms with van der Waals surface area (Å²) in [7, 11) is 0. The van der Waals surface area contributed by atoms with E-state index in [2.05, 4.69) is 5.32 Å². The Morgan fingerprint density at radius 3 is 2.25 bits per heavy atom. The Kier molecular flexibility index (Phi) is 5.65. The molecule has 20 heavy (non-hydrogen) atoms. The molecule has 0 unspecified atom stereocenters. The van der Waals surface area contributed by atoms with E-state index in [1.54, 1.807) is 19.1 Å². The van der Waals surface area contributed by atoms with Crippen molar-refractivity contribution in [3.63, 3.8) is 0 Å². The predicted molar refractivity (Wildman–Crippen MR) is 72.3 cm³/mol. The van der Waals surface area contributed by atoms with E-state index in [0.29, 0.717) is 18.8 Å². The summed E-state index contributed by atoms with van der Waals surface area (Å²) in [6, 6.07) is 3.54. The van der Waals surface area contributed by atoms with Crippen LogP contribution in [0.2, 0.25) is 0 Å². The SMILES string of the molecule is CCN(Cc1ccc(CNC(C)(C)C)o1)CC(F)(F)F. The Morgan fingerprint density at radius 1 is 1.15 bits per heavy atom. The van der Waals surface area contributed by atoms with Crippen LogP contribution in [0.25, 0.3) is 0 Å². The topological polar surface area (TPSA) is 28.4 Å². The van der Waals surface area contributed by atoms with E-state index in [1.807, 2.05) is 20.8 Å². The molecule has 0 atom stereocenters. The summed E-state index contributed by atoms with van der Waals surface area (Å²) < 4.78 is 42.7. The van der Waals surface area contributed by atoms with E-state index in [4.69, 9.17) is 4.42 Å². The molecule has 0 saturated carbocycles. The second kappa shape index (κ2) is 6.63. The lowest BCUT2D eigenvalue weighted by Gasteiger charge is -2.21. The fourth-order valence-electron chi connectivity index (χ4n) is 1.71. The van der Waals surface area contributed by atoms with Gasteiger partial charge in [0.25, 0.3) is 0 Å². The number of nitrogens with one attached hydrogen (secondary N) is 1. The molecule has 0 amide bonds. The summed E-state index contributed by atoms with van der Waals surface area (Å²) >= 11 is 0. The minimum Gasteiger partial charge on any atom is -0.463 e. The third-order valence-corrected chi connectivity index (χ3v) is 2.74. The zero-order chi connectivity index (χ0) is 15.4. The lowest BCUT2D eigenvalue weighted by atomic mass is 10.1. The Labute approximate surface area is 118 Å². The van der Waals surface area contributed by atoms with Crippen LogP contribution in [0, 0.1) is 0 Å². The molecule has 0 aliphatic carbocycles. The average molecular weight is 292 g/mol. The molecule has 0 spiro atoms. The first-order valence-electron chi connectivity index (χ1n) is 6.71. The van der Waals surface area contributed by atoms with Gasteiger partial charge in [-0.3, -0.25) is 4.90 Å². The maximum absolute atomic E-state index is 12.4. The normalized spacial score (nSPS) is 13.2. The van der Waals surface area contributed by atoms with Gasteiger partial charge in [-0.2, -0.15) is 13.2 Å². The van der Waals surface area contributed by atoms with Crippen LogP contribution in [0.4, 0.5) is 13.2 Å². The van der Waals surface area contributed by atoms with Gasteiger partial charge >= 0.3 is 6.18 Å². The summed E-state index contributed by atoms with van der Waals surface area (Å²) in [5.41, 5.74) is -0.0291. The highest BCUT2D eigenvalue weighted by Crippen LogP contribution is 2.19. The monoisotopic (exact) mass is 292 g/mol. The smallest absolute Gasteiger partial charge is 0.401 e. The zero-order valence-electron chi connectivity index (χ0n) is 12.5. The first-order chi connectivity index (χ1) is 9.09. The van der Waals surface area contributed by atoms with E-state index in [0.717, 1.165) is 5.76 Å². The number of hydrogen-bond acceptors (Lipinski definition) is 3. The van der Waals surface area contributed by atoms with Crippen molar-refractivity contribution in [1.82, 2.24) is 10.2 Å². The predicted octanol–water partition coefficient (Wildman–Crippen LogP) is 3.55. The van der Waals surface area contributed by atoms with E-state index < -0.39 is 12.7 Å². The maximum atomic E-state index is 12.4. The number of hydrogen-bond donors (Lipinski definition) is 1. The molecule has 1 heterocycles. The third-order valence-electron chi connectivity index (χ3n) is 2.74. The van der Waals surface area contributed by atoms with Crippen LogP contribution in [-0.2, 0) is 13.1 Å². The van der Waals surface area contributed by atoms with Crippen LogP contribution in [-0.4, -0.2) is 29.7 Å². The van der Waals surface area contributed by atoms with Crippen molar-refractivity contribution in [3.8, 4) is 0 Å². The van der Waals surface area contributed by atoms with Crippen molar-refractivity contribution in [2.24, 2.45) is 0 Å². The molecule has 116 valence electrons. The highest BCUT2D eigenvalue weighted by atomic mass is 19.4. The first kappa shape index (κ1) is 17.0. The lowest BCUT2D eigenvalue weighted by molar-refractivity contribution is -0.147. The second-order valence-electron chi connectivity index (χ2n) is 5.89. The molecule has 1 N–H and O–H groups in total. The number of nitrogens with zero attached hydrogens (tertiary/aromatic N) is 1. The summed E-state index contributed by atoms with van der Waals surface area (Å²) in [5.74, 6) is 1.29. The van der Waals surface area contributed by atoms with E-state index >= 15 is 0 Å². The van der Waals surface area contributed by atoms with Crippen molar-refractivity contribution in [2.45, 2.75) is 52.5 Å². The van der Waals surface area contributed by atoms with Gasteiger partial charge < -0.3 is 9.73 Å². The molecule has 0 radical (unpaired) electrons. The van der Waals surface area contributed by atoms with Gasteiger partial charge in [0.15, 0.2) is 0 Å². The molecule has 0 aliphatic rings. The Balaban J connectivity index is 2.54. The fourth-order valence-corrected chi connectivity index (χ4v) is 1.71. The zero-order valence-corrected chi connectivity index (χ0v) is 12.5. The Morgan fingerprint density at radius 2 is 1.75 bits per heavy atom. The molecule has 0 fully saturated rings. The quantitative estimate of drug-likeness (QED) is 0.869. The lowest BCUT2D eigenvalue weighted by Crippen LogP contribution is -2.35. The largest absolute Gasteiger partial charge is 0.463 e. The Bertz CT molecular complexity index is 407. The highest BCUT2D eigenvalue weighted by molar-refractivity contribution is 5.07.